The van der Waals surface area contributed by atoms with Crippen LogP contribution in [0.15, 0.2) is 58.7 Å². The summed E-state index contributed by atoms with van der Waals surface area (Å²) in [5.41, 5.74) is 0.138. The first kappa shape index (κ1) is 23.5. The van der Waals surface area contributed by atoms with Crippen molar-refractivity contribution in [1.29, 1.82) is 0 Å². The topological polar surface area (TPSA) is 99.5 Å². The Morgan fingerprint density at radius 3 is 2.65 bits per heavy atom. The number of anilines is 1. The molecule has 0 aliphatic heterocycles. The monoisotopic (exact) mass is 497 g/mol. The summed E-state index contributed by atoms with van der Waals surface area (Å²) < 4.78 is 11.8. The number of nitrogens with zero attached hydrogens (tertiary/aromatic N) is 2. The van der Waals surface area contributed by atoms with Crippen LogP contribution in [0.3, 0.4) is 0 Å². The molecule has 174 valence electrons. The van der Waals surface area contributed by atoms with E-state index < -0.39 is 17.4 Å². The number of rotatable bonds is 7. The Hall–Kier alpha value is -3.69. The standard InChI is InChI=1S/C24H20ClN3O5S/c1-3-32-18-11-6-5-10-16(18)21(29)26-22-19-17(13-34-22)20(24(31)33-4-2)27-28(23(19)30)15-9-7-8-14(25)12-15/h5-13H,3-4H2,1-2H3,(H,26,29). The first-order valence-corrected chi connectivity index (χ1v) is 11.7. The molecule has 2 aromatic heterocycles. The molecule has 0 radical (unpaired) electrons. The van der Waals surface area contributed by atoms with Crippen LogP contribution >= 0.6 is 22.9 Å². The van der Waals surface area contributed by atoms with Gasteiger partial charge in [0.05, 0.1) is 29.9 Å². The van der Waals surface area contributed by atoms with Gasteiger partial charge in [0.2, 0.25) is 0 Å². The summed E-state index contributed by atoms with van der Waals surface area (Å²) in [6.07, 6.45) is 0. The fourth-order valence-electron chi connectivity index (χ4n) is 3.38. The minimum atomic E-state index is -0.680. The molecule has 0 spiro atoms. The number of amides is 1. The Kier molecular flexibility index (Phi) is 6.95. The summed E-state index contributed by atoms with van der Waals surface area (Å²) in [5.74, 6) is -0.703. The third-order valence-electron chi connectivity index (χ3n) is 4.83. The van der Waals surface area contributed by atoms with Gasteiger partial charge in [-0.3, -0.25) is 9.59 Å². The lowest BCUT2D eigenvalue weighted by atomic mass is 10.2. The SMILES string of the molecule is CCOC(=O)c1nn(-c2cccc(Cl)c2)c(=O)c2c(NC(=O)c3ccccc3OCC)scc12. The second kappa shape index (κ2) is 10.1. The van der Waals surface area contributed by atoms with E-state index in [1.165, 1.54) is 0 Å². The number of para-hydroxylation sites is 1. The Labute approximate surface area is 203 Å². The highest BCUT2D eigenvalue weighted by atomic mass is 35.5. The van der Waals surface area contributed by atoms with E-state index in [-0.39, 0.29) is 22.7 Å². The van der Waals surface area contributed by atoms with Gasteiger partial charge < -0.3 is 14.8 Å². The van der Waals surface area contributed by atoms with Gasteiger partial charge in [-0.2, -0.15) is 9.78 Å². The van der Waals surface area contributed by atoms with Crippen molar-refractivity contribution in [2.24, 2.45) is 0 Å². The van der Waals surface area contributed by atoms with Gasteiger partial charge in [0, 0.05) is 15.8 Å². The lowest BCUT2D eigenvalue weighted by molar-refractivity contribution is 0.0520. The fraction of sp³-hybridized carbons (Fsp3) is 0.167. The Morgan fingerprint density at radius 2 is 1.91 bits per heavy atom. The van der Waals surface area contributed by atoms with Gasteiger partial charge in [0.15, 0.2) is 5.69 Å². The van der Waals surface area contributed by atoms with Gasteiger partial charge in [0.25, 0.3) is 11.5 Å². The lowest BCUT2D eigenvalue weighted by Crippen LogP contribution is -2.25. The Bertz CT molecular complexity index is 1450. The van der Waals surface area contributed by atoms with Gasteiger partial charge in [-0.25, -0.2) is 4.79 Å². The van der Waals surface area contributed by atoms with E-state index in [2.05, 4.69) is 10.4 Å². The zero-order valence-corrected chi connectivity index (χ0v) is 19.9. The van der Waals surface area contributed by atoms with Crippen molar-refractivity contribution in [1.82, 2.24) is 9.78 Å². The molecule has 0 aliphatic rings. The van der Waals surface area contributed by atoms with E-state index in [1.54, 1.807) is 60.8 Å². The van der Waals surface area contributed by atoms with Gasteiger partial charge in [0.1, 0.15) is 10.8 Å². The number of hydrogen-bond donors (Lipinski definition) is 1. The Balaban J connectivity index is 1.87. The smallest absolute Gasteiger partial charge is 0.359 e. The number of nitrogens with one attached hydrogen (secondary N) is 1. The number of benzene rings is 2. The highest BCUT2D eigenvalue weighted by molar-refractivity contribution is 7.16. The average molecular weight is 498 g/mol. The number of carbonyl (C=O) groups is 2. The predicted molar refractivity (Wildman–Crippen MR) is 132 cm³/mol. The number of aromatic nitrogens is 2. The van der Waals surface area contributed by atoms with Crippen molar-refractivity contribution in [2.75, 3.05) is 18.5 Å². The summed E-state index contributed by atoms with van der Waals surface area (Å²) in [4.78, 5) is 39.2. The van der Waals surface area contributed by atoms with Crippen molar-refractivity contribution in [3.63, 3.8) is 0 Å². The van der Waals surface area contributed by atoms with Crippen molar-refractivity contribution < 1.29 is 19.1 Å². The average Bonchev–Trinajstić information content (AvgIpc) is 3.24. The third-order valence-corrected chi connectivity index (χ3v) is 5.96. The minimum absolute atomic E-state index is 0.0390. The summed E-state index contributed by atoms with van der Waals surface area (Å²) in [6, 6.07) is 13.3. The van der Waals surface area contributed by atoms with Crippen LogP contribution in [0.4, 0.5) is 5.00 Å². The van der Waals surface area contributed by atoms with Crippen LogP contribution in [-0.4, -0.2) is 34.9 Å². The summed E-state index contributed by atoms with van der Waals surface area (Å²) >= 11 is 7.22. The minimum Gasteiger partial charge on any atom is -0.493 e. The quantitative estimate of drug-likeness (QED) is 0.363. The van der Waals surface area contributed by atoms with E-state index in [1.807, 2.05) is 6.92 Å². The normalized spacial score (nSPS) is 10.8. The first-order valence-electron chi connectivity index (χ1n) is 10.4. The molecular weight excluding hydrogens is 478 g/mol. The highest BCUT2D eigenvalue weighted by Gasteiger charge is 2.24. The van der Waals surface area contributed by atoms with Crippen molar-refractivity contribution in [3.8, 4) is 11.4 Å². The molecule has 8 nitrogen and oxygen atoms in total. The maximum Gasteiger partial charge on any atom is 0.359 e. The number of hydrogen-bond acceptors (Lipinski definition) is 7. The molecule has 1 N–H and O–H groups in total. The molecule has 2 heterocycles. The van der Waals surface area contributed by atoms with Crippen molar-refractivity contribution in [3.05, 3.63) is 80.5 Å². The van der Waals surface area contributed by atoms with Gasteiger partial charge in [-0.15, -0.1) is 11.3 Å². The van der Waals surface area contributed by atoms with Crippen LogP contribution in [0.1, 0.15) is 34.7 Å². The largest absolute Gasteiger partial charge is 0.493 e. The molecule has 0 saturated heterocycles. The molecule has 4 rings (SSSR count). The number of fused-ring (bicyclic) bond motifs is 1. The molecular formula is C24H20ClN3O5S. The number of carbonyl (C=O) groups excluding carboxylic acids is 2. The van der Waals surface area contributed by atoms with E-state index in [0.717, 1.165) is 16.0 Å². The molecule has 0 atom stereocenters. The van der Waals surface area contributed by atoms with Crippen LogP contribution in [0.2, 0.25) is 5.02 Å². The molecule has 0 bridgehead atoms. The van der Waals surface area contributed by atoms with E-state index in [0.29, 0.717) is 34.0 Å². The molecule has 34 heavy (non-hydrogen) atoms. The first-order chi connectivity index (χ1) is 16.4. The van der Waals surface area contributed by atoms with E-state index >= 15 is 0 Å². The zero-order chi connectivity index (χ0) is 24.2. The molecule has 0 saturated carbocycles. The number of ether oxygens (including phenoxy) is 2. The van der Waals surface area contributed by atoms with E-state index in [9.17, 15) is 14.4 Å². The van der Waals surface area contributed by atoms with Gasteiger partial charge in [-0.1, -0.05) is 29.8 Å². The van der Waals surface area contributed by atoms with Crippen LogP contribution in [0.25, 0.3) is 16.5 Å². The number of halogens is 1. The maximum absolute atomic E-state index is 13.5. The maximum atomic E-state index is 13.5. The molecule has 2 aromatic carbocycles. The van der Waals surface area contributed by atoms with Gasteiger partial charge >= 0.3 is 5.97 Å². The fourth-order valence-corrected chi connectivity index (χ4v) is 4.50. The molecule has 1 amide bonds. The zero-order valence-electron chi connectivity index (χ0n) is 18.3. The van der Waals surface area contributed by atoms with E-state index in [4.69, 9.17) is 21.1 Å². The van der Waals surface area contributed by atoms with Crippen molar-refractivity contribution >= 4 is 50.6 Å². The van der Waals surface area contributed by atoms with Crippen LogP contribution < -0.4 is 15.6 Å². The Morgan fingerprint density at radius 1 is 1.12 bits per heavy atom. The third kappa shape index (κ3) is 4.52. The molecule has 0 unspecified atom stereocenters. The molecule has 10 heteroatoms. The number of thiophene rings is 1. The second-order valence-electron chi connectivity index (χ2n) is 7.00. The summed E-state index contributed by atoms with van der Waals surface area (Å²) in [7, 11) is 0. The number of esters is 1. The highest BCUT2D eigenvalue weighted by Crippen LogP contribution is 2.32. The summed E-state index contributed by atoms with van der Waals surface area (Å²) in [5, 5.41) is 9.77. The van der Waals surface area contributed by atoms with Gasteiger partial charge in [-0.05, 0) is 44.2 Å². The van der Waals surface area contributed by atoms with Crippen molar-refractivity contribution in [2.45, 2.75) is 13.8 Å². The molecule has 0 fully saturated rings. The van der Waals surface area contributed by atoms with Crippen LogP contribution in [-0.2, 0) is 4.74 Å². The molecule has 0 aliphatic carbocycles. The summed E-state index contributed by atoms with van der Waals surface area (Å²) in [6.45, 7) is 4.03. The molecule has 4 aromatic rings. The van der Waals surface area contributed by atoms with Crippen LogP contribution in [0, 0.1) is 0 Å². The van der Waals surface area contributed by atoms with Crippen LogP contribution in [0.5, 0.6) is 5.75 Å². The second-order valence-corrected chi connectivity index (χ2v) is 8.32. The predicted octanol–water partition coefficient (Wildman–Crippen LogP) is 4.93. The lowest BCUT2D eigenvalue weighted by Gasteiger charge is -2.11.